The van der Waals surface area contributed by atoms with E-state index in [0.29, 0.717) is 0 Å². The largest absolute Gasteiger partial charge is 0.385 e. The molecule has 0 radical (unpaired) electrons. The number of hydrogen-bond acceptors (Lipinski definition) is 3. The van der Waals surface area contributed by atoms with E-state index in [1.807, 2.05) is 6.92 Å². The van der Waals surface area contributed by atoms with Gasteiger partial charge in [-0.3, -0.25) is 0 Å². The van der Waals surface area contributed by atoms with Crippen LogP contribution in [0.1, 0.15) is 34.6 Å². The molecule has 0 aromatic rings. The molecule has 0 unspecified atom stereocenters. The third-order valence-corrected chi connectivity index (χ3v) is 2.70. The molecule has 0 amide bonds. The summed E-state index contributed by atoms with van der Waals surface area (Å²) in [5.41, 5.74) is -1.85. The summed E-state index contributed by atoms with van der Waals surface area (Å²) >= 11 is 1.56. The van der Waals surface area contributed by atoms with Gasteiger partial charge in [0.2, 0.25) is 0 Å². The van der Waals surface area contributed by atoms with Crippen LogP contribution in [-0.2, 0) is 0 Å². The van der Waals surface area contributed by atoms with Crippen molar-refractivity contribution >= 4 is 11.8 Å². The second-order valence-corrected chi connectivity index (χ2v) is 5.63. The maximum absolute atomic E-state index is 9.82. The van der Waals surface area contributed by atoms with E-state index in [0.717, 1.165) is 10.7 Å². The van der Waals surface area contributed by atoms with Crippen molar-refractivity contribution in [3.05, 3.63) is 11.0 Å². The Balaban J connectivity index is 4.77. The van der Waals surface area contributed by atoms with Gasteiger partial charge in [0.1, 0.15) is 5.60 Å². The Morgan fingerprint density at radius 2 is 1.80 bits per heavy atom. The molecule has 0 aromatic heterocycles. The first-order valence-corrected chi connectivity index (χ1v) is 5.96. The molecule has 0 spiro atoms. The molecule has 0 atom stereocenters. The summed E-state index contributed by atoms with van der Waals surface area (Å²) in [6.07, 6.45) is 1.67. The predicted octanol–water partition coefficient (Wildman–Crippen LogP) is 2.17. The molecule has 2 N–H and O–H groups in total. The summed E-state index contributed by atoms with van der Waals surface area (Å²) < 4.78 is 0. The van der Waals surface area contributed by atoms with E-state index in [1.165, 1.54) is 0 Å². The van der Waals surface area contributed by atoms with Crippen LogP contribution in [0, 0.1) is 11.8 Å². The van der Waals surface area contributed by atoms with E-state index in [2.05, 4.69) is 11.8 Å². The highest BCUT2D eigenvalue weighted by atomic mass is 32.2. The highest BCUT2D eigenvalue weighted by Gasteiger charge is 2.18. The molecule has 86 valence electrons. The van der Waals surface area contributed by atoms with Gasteiger partial charge in [-0.25, -0.2) is 0 Å². The van der Waals surface area contributed by atoms with E-state index in [-0.39, 0.29) is 0 Å². The molecule has 2 nitrogen and oxygen atoms in total. The first kappa shape index (κ1) is 14.6. The fourth-order valence-electron chi connectivity index (χ4n) is 0.829. The zero-order valence-corrected chi connectivity index (χ0v) is 10.9. The van der Waals surface area contributed by atoms with Crippen molar-refractivity contribution in [2.75, 3.05) is 5.75 Å². The van der Waals surface area contributed by atoms with Crippen molar-refractivity contribution < 1.29 is 10.2 Å². The zero-order chi connectivity index (χ0) is 12.1. The van der Waals surface area contributed by atoms with Crippen LogP contribution in [0.15, 0.2) is 11.0 Å². The van der Waals surface area contributed by atoms with Crippen molar-refractivity contribution in [2.24, 2.45) is 0 Å². The molecular formula is C12H20O2S. The lowest BCUT2D eigenvalue weighted by Crippen LogP contribution is -2.20. The van der Waals surface area contributed by atoms with Gasteiger partial charge in [0.15, 0.2) is 0 Å². The Morgan fingerprint density at radius 1 is 1.27 bits per heavy atom. The van der Waals surface area contributed by atoms with Gasteiger partial charge in [0, 0.05) is 11.0 Å². The Kier molecular flexibility index (Phi) is 5.44. The molecule has 0 bridgehead atoms. The highest BCUT2D eigenvalue weighted by Crippen LogP contribution is 2.26. The standard InChI is InChI=1S/C12H20O2S/c1-6-15-10(12(4,5)14)8-7-9-11(2,3)13/h8,13-14H,6H2,1-5H3/b10-8-. The molecular weight excluding hydrogens is 208 g/mol. The monoisotopic (exact) mass is 228 g/mol. The van der Waals surface area contributed by atoms with Crippen LogP contribution >= 0.6 is 11.8 Å². The minimum absolute atomic E-state index is 0.821. The van der Waals surface area contributed by atoms with Gasteiger partial charge in [-0.05, 0) is 33.4 Å². The van der Waals surface area contributed by atoms with E-state index in [4.69, 9.17) is 0 Å². The van der Waals surface area contributed by atoms with Crippen LogP contribution in [0.3, 0.4) is 0 Å². The molecule has 0 aliphatic rings. The van der Waals surface area contributed by atoms with E-state index < -0.39 is 11.2 Å². The number of thioether (sulfide) groups is 1. The van der Waals surface area contributed by atoms with Gasteiger partial charge >= 0.3 is 0 Å². The van der Waals surface area contributed by atoms with Crippen LogP contribution in [0.4, 0.5) is 0 Å². The normalized spacial score (nSPS) is 13.4. The lowest BCUT2D eigenvalue weighted by Gasteiger charge is -2.19. The molecule has 0 heterocycles. The first-order valence-electron chi connectivity index (χ1n) is 4.97. The minimum atomic E-state index is -0.988. The van der Waals surface area contributed by atoms with E-state index in [9.17, 15) is 10.2 Å². The lowest BCUT2D eigenvalue weighted by atomic mass is 10.1. The molecule has 0 aliphatic heterocycles. The second kappa shape index (κ2) is 5.60. The Morgan fingerprint density at radius 3 is 2.13 bits per heavy atom. The number of hydrogen-bond donors (Lipinski definition) is 2. The summed E-state index contributed by atoms with van der Waals surface area (Å²) in [6.45, 7) is 8.74. The van der Waals surface area contributed by atoms with Crippen molar-refractivity contribution in [1.82, 2.24) is 0 Å². The van der Waals surface area contributed by atoms with Gasteiger partial charge in [0.25, 0.3) is 0 Å². The molecule has 0 saturated carbocycles. The van der Waals surface area contributed by atoms with Crippen molar-refractivity contribution in [1.29, 1.82) is 0 Å². The summed E-state index contributed by atoms with van der Waals surface area (Å²) in [5.74, 6) is 6.35. The molecule has 0 saturated heterocycles. The van der Waals surface area contributed by atoms with Crippen molar-refractivity contribution in [3.8, 4) is 11.8 Å². The van der Waals surface area contributed by atoms with Crippen LogP contribution in [0.2, 0.25) is 0 Å². The molecule has 0 aromatic carbocycles. The van der Waals surface area contributed by atoms with Gasteiger partial charge in [-0.1, -0.05) is 18.8 Å². The average Bonchev–Trinajstić information content (AvgIpc) is 1.98. The van der Waals surface area contributed by atoms with Gasteiger partial charge < -0.3 is 10.2 Å². The zero-order valence-electron chi connectivity index (χ0n) is 10.1. The van der Waals surface area contributed by atoms with Crippen molar-refractivity contribution in [2.45, 2.75) is 45.8 Å². The molecule has 0 rings (SSSR count). The van der Waals surface area contributed by atoms with Crippen LogP contribution in [0.5, 0.6) is 0 Å². The summed E-state index contributed by atoms with van der Waals surface area (Å²) in [6, 6.07) is 0. The molecule has 15 heavy (non-hydrogen) atoms. The maximum Gasteiger partial charge on any atom is 0.120 e. The smallest absolute Gasteiger partial charge is 0.120 e. The Hall–Kier alpha value is -0.430. The third kappa shape index (κ3) is 7.49. The molecule has 0 aliphatic carbocycles. The van der Waals surface area contributed by atoms with Crippen LogP contribution in [0.25, 0.3) is 0 Å². The van der Waals surface area contributed by atoms with E-state index >= 15 is 0 Å². The Bertz CT molecular complexity index is 281. The fraction of sp³-hybridized carbons (Fsp3) is 0.667. The number of allylic oxidation sites excluding steroid dienone is 1. The average molecular weight is 228 g/mol. The third-order valence-electron chi connectivity index (χ3n) is 1.48. The highest BCUT2D eigenvalue weighted by molar-refractivity contribution is 8.03. The van der Waals surface area contributed by atoms with Gasteiger partial charge in [-0.2, -0.15) is 0 Å². The van der Waals surface area contributed by atoms with E-state index in [1.54, 1.807) is 45.5 Å². The predicted molar refractivity (Wildman–Crippen MR) is 66.6 cm³/mol. The quantitative estimate of drug-likeness (QED) is 0.727. The Labute approximate surface area is 96.8 Å². The maximum atomic E-state index is 9.82. The lowest BCUT2D eigenvalue weighted by molar-refractivity contribution is 0.129. The summed E-state index contributed by atoms with van der Waals surface area (Å²) in [5, 5.41) is 19.2. The molecule has 3 heteroatoms. The fourth-order valence-corrected chi connectivity index (χ4v) is 1.64. The van der Waals surface area contributed by atoms with Crippen molar-refractivity contribution in [3.63, 3.8) is 0 Å². The van der Waals surface area contributed by atoms with Gasteiger partial charge in [0.05, 0.1) is 5.60 Å². The number of aliphatic hydroxyl groups is 2. The van der Waals surface area contributed by atoms with Gasteiger partial charge in [-0.15, -0.1) is 11.8 Å². The minimum Gasteiger partial charge on any atom is -0.385 e. The first-order chi connectivity index (χ1) is 6.67. The molecule has 0 fully saturated rings. The second-order valence-electron chi connectivity index (χ2n) is 4.33. The SMILES string of the molecule is CCS/C(=C\C#CC(C)(C)O)C(C)(C)O. The summed E-state index contributed by atoms with van der Waals surface area (Å²) in [4.78, 5) is 0.821. The number of rotatable bonds is 3. The topological polar surface area (TPSA) is 40.5 Å². The van der Waals surface area contributed by atoms with Crippen LogP contribution < -0.4 is 0 Å². The summed E-state index contributed by atoms with van der Waals surface area (Å²) in [7, 11) is 0. The van der Waals surface area contributed by atoms with Crippen LogP contribution in [-0.4, -0.2) is 27.2 Å².